The lowest BCUT2D eigenvalue weighted by Gasteiger charge is -2.31. The lowest BCUT2D eigenvalue weighted by atomic mass is 9.96. The smallest absolute Gasteiger partial charge is 0.381 e. The summed E-state index contributed by atoms with van der Waals surface area (Å²) in [5, 5.41) is 4.08. The average Bonchev–Trinajstić information content (AvgIpc) is 3.33. The van der Waals surface area contributed by atoms with Gasteiger partial charge in [-0.2, -0.15) is 18.2 Å². The van der Waals surface area contributed by atoms with Crippen molar-refractivity contribution in [1.29, 1.82) is 0 Å². The minimum absolute atomic E-state index is 0.171. The second-order valence-electron chi connectivity index (χ2n) is 6.72. The summed E-state index contributed by atoms with van der Waals surface area (Å²) in [4.78, 5) is 10.5. The van der Waals surface area contributed by atoms with E-state index in [1.54, 1.807) is 0 Å². The number of ether oxygens (including phenoxy) is 1. The normalized spacial score (nSPS) is 22.1. The monoisotopic (exact) mass is 368 g/mol. The van der Waals surface area contributed by atoms with Crippen LogP contribution >= 0.6 is 0 Å². The Hall–Kier alpha value is -2.16. The van der Waals surface area contributed by atoms with Crippen molar-refractivity contribution in [2.75, 3.05) is 31.2 Å². The predicted molar refractivity (Wildman–Crippen MR) is 85.9 cm³/mol. The highest BCUT2D eigenvalue weighted by Crippen LogP contribution is 2.32. The Bertz CT molecular complexity index is 733. The quantitative estimate of drug-likeness (QED) is 0.828. The highest BCUT2D eigenvalue weighted by molar-refractivity contribution is 5.40. The van der Waals surface area contributed by atoms with Gasteiger partial charge in [-0.3, -0.25) is 0 Å². The number of hydrogen-bond acceptors (Lipinski definition) is 6. The van der Waals surface area contributed by atoms with Gasteiger partial charge >= 0.3 is 6.18 Å². The molecule has 0 bridgehead atoms. The van der Waals surface area contributed by atoms with E-state index in [0.717, 1.165) is 38.1 Å². The van der Waals surface area contributed by atoms with Gasteiger partial charge in [0, 0.05) is 37.7 Å². The lowest BCUT2D eigenvalue weighted by molar-refractivity contribution is -0.137. The van der Waals surface area contributed by atoms with Gasteiger partial charge in [0.2, 0.25) is 5.89 Å². The Balaban J connectivity index is 1.36. The molecule has 2 fully saturated rings. The third-order valence-electron chi connectivity index (χ3n) is 5.00. The van der Waals surface area contributed by atoms with Gasteiger partial charge < -0.3 is 14.2 Å². The van der Waals surface area contributed by atoms with Gasteiger partial charge in [-0.25, -0.2) is 4.98 Å². The van der Waals surface area contributed by atoms with Gasteiger partial charge in [-0.15, -0.1) is 0 Å². The van der Waals surface area contributed by atoms with E-state index >= 15 is 0 Å². The van der Waals surface area contributed by atoms with Gasteiger partial charge in [0.25, 0.3) is 0 Å². The van der Waals surface area contributed by atoms with Crippen molar-refractivity contribution in [3.05, 3.63) is 35.6 Å². The molecule has 2 aromatic heterocycles. The number of aromatic nitrogens is 3. The molecule has 140 valence electrons. The first-order valence-electron chi connectivity index (χ1n) is 8.70. The molecule has 0 spiro atoms. The minimum Gasteiger partial charge on any atom is -0.381 e. The first-order chi connectivity index (χ1) is 12.5. The van der Waals surface area contributed by atoms with Crippen LogP contribution in [-0.4, -0.2) is 41.4 Å². The van der Waals surface area contributed by atoms with Crippen LogP contribution in [0.25, 0.3) is 0 Å². The molecule has 2 aliphatic rings. The highest BCUT2D eigenvalue weighted by Gasteiger charge is 2.32. The van der Waals surface area contributed by atoms with Crippen LogP contribution in [0.3, 0.4) is 0 Å². The van der Waals surface area contributed by atoms with Crippen LogP contribution in [0.4, 0.5) is 19.0 Å². The molecule has 2 saturated heterocycles. The fourth-order valence-electron chi connectivity index (χ4n) is 3.41. The first kappa shape index (κ1) is 17.3. The largest absolute Gasteiger partial charge is 0.417 e. The molecule has 2 aliphatic heterocycles. The van der Waals surface area contributed by atoms with Crippen LogP contribution in [0.2, 0.25) is 0 Å². The summed E-state index contributed by atoms with van der Waals surface area (Å²) in [5.74, 6) is 2.30. The molecular formula is C17H19F3N4O2. The number of hydrogen-bond donors (Lipinski definition) is 0. The number of rotatable bonds is 3. The third kappa shape index (κ3) is 3.53. The number of halogens is 3. The number of pyridine rings is 1. The van der Waals surface area contributed by atoms with Crippen molar-refractivity contribution < 1.29 is 22.4 Å². The second kappa shape index (κ2) is 6.86. The number of alkyl halides is 3. The summed E-state index contributed by atoms with van der Waals surface area (Å²) in [6, 6.07) is 2.50. The molecule has 4 heterocycles. The van der Waals surface area contributed by atoms with E-state index in [1.165, 1.54) is 6.07 Å². The molecule has 26 heavy (non-hydrogen) atoms. The van der Waals surface area contributed by atoms with E-state index in [-0.39, 0.29) is 11.8 Å². The standard InChI is InChI=1S/C17H19F3N4O2/c18-17(19,20)13-1-2-14(21-9-13)24-6-3-11(4-7-24)16-22-15(23-26-16)12-5-8-25-10-12/h1-2,9,11-12H,3-8,10H2/t12-/m0/s1. The van der Waals surface area contributed by atoms with Crippen molar-refractivity contribution in [3.8, 4) is 0 Å². The summed E-state index contributed by atoms with van der Waals surface area (Å²) in [6.45, 7) is 2.74. The summed E-state index contributed by atoms with van der Waals surface area (Å²) in [7, 11) is 0. The van der Waals surface area contributed by atoms with E-state index < -0.39 is 11.7 Å². The fourth-order valence-corrected chi connectivity index (χ4v) is 3.41. The average molecular weight is 368 g/mol. The Morgan fingerprint density at radius 2 is 1.88 bits per heavy atom. The predicted octanol–water partition coefficient (Wildman–Crippen LogP) is 3.37. The zero-order valence-electron chi connectivity index (χ0n) is 14.1. The highest BCUT2D eigenvalue weighted by atomic mass is 19.4. The number of nitrogens with zero attached hydrogens (tertiary/aromatic N) is 4. The van der Waals surface area contributed by atoms with E-state index in [1.807, 2.05) is 4.90 Å². The summed E-state index contributed by atoms with van der Waals surface area (Å²) < 4.78 is 48.7. The first-order valence-corrected chi connectivity index (χ1v) is 8.70. The number of piperidine rings is 1. The Morgan fingerprint density at radius 1 is 1.08 bits per heavy atom. The SMILES string of the molecule is FC(F)(F)c1ccc(N2CCC(c3nc([C@H]4CCOC4)no3)CC2)nc1. The Kier molecular flexibility index (Phi) is 4.56. The molecule has 2 aromatic rings. The number of anilines is 1. The van der Waals surface area contributed by atoms with Gasteiger partial charge in [0.05, 0.1) is 12.2 Å². The Morgan fingerprint density at radius 3 is 2.50 bits per heavy atom. The van der Waals surface area contributed by atoms with Crippen LogP contribution in [-0.2, 0) is 10.9 Å². The Labute approximate surface area is 148 Å². The minimum atomic E-state index is -4.36. The maximum Gasteiger partial charge on any atom is 0.417 e. The maximum atomic E-state index is 12.6. The van der Waals surface area contributed by atoms with Crippen molar-refractivity contribution in [3.63, 3.8) is 0 Å². The fraction of sp³-hybridized carbons (Fsp3) is 0.588. The van der Waals surface area contributed by atoms with Crippen molar-refractivity contribution in [2.24, 2.45) is 0 Å². The zero-order chi connectivity index (χ0) is 18.1. The van der Waals surface area contributed by atoms with E-state index in [2.05, 4.69) is 15.1 Å². The molecule has 0 aromatic carbocycles. The molecule has 0 saturated carbocycles. The van der Waals surface area contributed by atoms with Crippen molar-refractivity contribution in [2.45, 2.75) is 37.3 Å². The maximum absolute atomic E-state index is 12.6. The molecule has 0 N–H and O–H groups in total. The van der Waals surface area contributed by atoms with E-state index in [0.29, 0.717) is 37.2 Å². The molecular weight excluding hydrogens is 349 g/mol. The topological polar surface area (TPSA) is 64.3 Å². The van der Waals surface area contributed by atoms with Crippen molar-refractivity contribution in [1.82, 2.24) is 15.1 Å². The van der Waals surface area contributed by atoms with Gasteiger partial charge in [-0.1, -0.05) is 5.16 Å². The molecule has 0 aliphatic carbocycles. The lowest BCUT2D eigenvalue weighted by Crippen LogP contribution is -2.33. The molecule has 6 nitrogen and oxygen atoms in total. The van der Waals surface area contributed by atoms with Crippen LogP contribution in [0.15, 0.2) is 22.9 Å². The molecule has 0 radical (unpaired) electrons. The van der Waals surface area contributed by atoms with E-state index in [9.17, 15) is 13.2 Å². The molecule has 0 unspecified atom stereocenters. The second-order valence-corrected chi connectivity index (χ2v) is 6.72. The summed E-state index contributed by atoms with van der Waals surface area (Å²) >= 11 is 0. The van der Waals surface area contributed by atoms with Crippen LogP contribution < -0.4 is 4.90 Å². The zero-order valence-corrected chi connectivity index (χ0v) is 14.1. The van der Waals surface area contributed by atoms with E-state index in [4.69, 9.17) is 9.26 Å². The van der Waals surface area contributed by atoms with Crippen LogP contribution in [0, 0.1) is 0 Å². The third-order valence-corrected chi connectivity index (χ3v) is 5.00. The molecule has 4 rings (SSSR count). The summed E-state index contributed by atoms with van der Waals surface area (Å²) in [6.07, 6.45) is -0.970. The summed E-state index contributed by atoms with van der Waals surface area (Å²) in [5.41, 5.74) is -0.731. The molecule has 1 atom stereocenters. The van der Waals surface area contributed by atoms with Gasteiger partial charge in [0.1, 0.15) is 5.82 Å². The van der Waals surface area contributed by atoms with Gasteiger partial charge in [0.15, 0.2) is 5.82 Å². The van der Waals surface area contributed by atoms with Crippen molar-refractivity contribution >= 4 is 5.82 Å². The van der Waals surface area contributed by atoms with Crippen LogP contribution in [0.5, 0.6) is 0 Å². The molecule has 0 amide bonds. The van der Waals surface area contributed by atoms with Gasteiger partial charge in [-0.05, 0) is 31.4 Å². The van der Waals surface area contributed by atoms with Crippen LogP contribution in [0.1, 0.15) is 48.4 Å². The molecule has 9 heteroatoms.